The smallest absolute Gasteiger partial charge is 0.302 e. The third kappa shape index (κ3) is 4.14. The Hall–Kier alpha value is -2.22. The first-order valence-electron chi connectivity index (χ1n) is 6.18. The van der Waals surface area contributed by atoms with Crippen molar-refractivity contribution < 1.29 is 22.8 Å². The molecule has 116 valence electrons. The van der Waals surface area contributed by atoms with Crippen molar-refractivity contribution in [3.8, 4) is 0 Å². The van der Waals surface area contributed by atoms with Gasteiger partial charge in [-0.05, 0) is 11.6 Å². The molecule has 0 unspecified atom stereocenters. The predicted octanol–water partition coefficient (Wildman–Crippen LogP) is 3.55. The van der Waals surface area contributed by atoms with Gasteiger partial charge < -0.3 is 5.32 Å². The Kier molecular flexibility index (Phi) is 4.60. The number of halogens is 3. The fourth-order valence-corrected chi connectivity index (χ4v) is 2.47. The second kappa shape index (κ2) is 6.27. The summed E-state index contributed by atoms with van der Waals surface area (Å²) in [7, 11) is 0. The summed E-state index contributed by atoms with van der Waals surface area (Å²) in [6.45, 7) is 1.35. The van der Waals surface area contributed by atoms with E-state index in [0.29, 0.717) is 0 Å². The van der Waals surface area contributed by atoms with Crippen LogP contribution in [0.15, 0.2) is 29.6 Å². The van der Waals surface area contributed by atoms with Gasteiger partial charge >= 0.3 is 6.18 Å². The molecule has 0 saturated carbocycles. The number of anilines is 1. The van der Waals surface area contributed by atoms with Gasteiger partial charge in [-0.2, -0.15) is 13.2 Å². The van der Waals surface area contributed by atoms with Crippen molar-refractivity contribution in [1.29, 1.82) is 0 Å². The van der Waals surface area contributed by atoms with Gasteiger partial charge in [0.2, 0.25) is 5.91 Å². The van der Waals surface area contributed by atoms with E-state index in [1.54, 1.807) is 0 Å². The number of carbonyl (C=O) groups excluding carboxylic acids is 2. The lowest BCUT2D eigenvalue weighted by molar-refractivity contribution is -0.137. The van der Waals surface area contributed by atoms with Gasteiger partial charge in [0.15, 0.2) is 10.9 Å². The summed E-state index contributed by atoms with van der Waals surface area (Å²) in [5, 5.41) is 4.20. The molecule has 0 atom stereocenters. The molecule has 0 radical (unpaired) electrons. The summed E-state index contributed by atoms with van der Waals surface area (Å²) in [6, 6.07) is 4.57. The second-order valence-electron chi connectivity index (χ2n) is 4.52. The third-order valence-electron chi connectivity index (χ3n) is 2.73. The summed E-state index contributed by atoms with van der Waals surface area (Å²) in [5.74, 6) is -0.724. The quantitative estimate of drug-likeness (QED) is 0.873. The molecule has 0 aliphatic heterocycles. The van der Waals surface area contributed by atoms with Gasteiger partial charge in [0.1, 0.15) is 5.69 Å². The molecule has 4 nitrogen and oxygen atoms in total. The lowest BCUT2D eigenvalue weighted by Crippen LogP contribution is -2.15. The standard InChI is InChI=1S/C14H11F3N2O2S/c1-8(20)11-7-22-13(18-11)19-12(21)6-9-3-2-4-10(5-9)14(15,16)17/h2-5,7H,6H2,1H3,(H,18,19,21). The minimum atomic E-state index is -4.45. The van der Waals surface area contributed by atoms with Crippen molar-refractivity contribution in [1.82, 2.24) is 4.98 Å². The maximum absolute atomic E-state index is 12.6. The highest BCUT2D eigenvalue weighted by molar-refractivity contribution is 7.14. The maximum Gasteiger partial charge on any atom is 0.416 e. The molecule has 1 aromatic carbocycles. The van der Waals surface area contributed by atoms with Crippen molar-refractivity contribution in [3.05, 3.63) is 46.5 Å². The van der Waals surface area contributed by atoms with E-state index in [2.05, 4.69) is 10.3 Å². The predicted molar refractivity (Wildman–Crippen MR) is 75.9 cm³/mol. The van der Waals surface area contributed by atoms with Crippen LogP contribution in [0.1, 0.15) is 28.5 Å². The Morgan fingerprint density at radius 3 is 2.64 bits per heavy atom. The van der Waals surface area contributed by atoms with Crippen molar-refractivity contribution in [3.63, 3.8) is 0 Å². The van der Waals surface area contributed by atoms with E-state index in [-0.39, 0.29) is 28.6 Å². The molecule has 2 aromatic rings. The van der Waals surface area contributed by atoms with E-state index in [1.807, 2.05) is 0 Å². The molecule has 1 heterocycles. The first-order valence-corrected chi connectivity index (χ1v) is 7.06. The van der Waals surface area contributed by atoms with E-state index in [9.17, 15) is 22.8 Å². The molecule has 0 fully saturated rings. The van der Waals surface area contributed by atoms with Crippen molar-refractivity contribution >= 4 is 28.2 Å². The topological polar surface area (TPSA) is 59.1 Å². The lowest BCUT2D eigenvalue weighted by Gasteiger charge is -2.08. The number of carbonyl (C=O) groups is 2. The van der Waals surface area contributed by atoms with E-state index in [4.69, 9.17) is 0 Å². The molecule has 1 amide bonds. The van der Waals surface area contributed by atoms with Crippen LogP contribution in [-0.4, -0.2) is 16.7 Å². The van der Waals surface area contributed by atoms with Crippen LogP contribution in [-0.2, 0) is 17.4 Å². The minimum absolute atomic E-state index is 0.209. The van der Waals surface area contributed by atoms with E-state index in [0.717, 1.165) is 23.5 Å². The van der Waals surface area contributed by atoms with Gasteiger partial charge in [-0.15, -0.1) is 11.3 Å². The number of hydrogen-bond acceptors (Lipinski definition) is 4. The Balaban J connectivity index is 2.04. The zero-order valence-corrected chi connectivity index (χ0v) is 12.2. The molecule has 2 rings (SSSR count). The number of alkyl halides is 3. The average molecular weight is 328 g/mol. The Bertz CT molecular complexity index is 710. The highest BCUT2D eigenvalue weighted by Crippen LogP contribution is 2.29. The highest BCUT2D eigenvalue weighted by atomic mass is 32.1. The van der Waals surface area contributed by atoms with Gasteiger partial charge in [-0.3, -0.25) is 9.59 Å². The fourth-order valence-electron chi connectivity index (χ4n) is 1.70. The molecule has 22 heavy (non-hydrogen) atoms. The SMILES string of the molecule is CC(=O)c1csc(NC(=O)Cc2cccc(C(F)(F)F)c2)n1. The second-order valence-corrected chi connectivity index (χ2v) is 5.38. The van der Waals surface area contributed by atoms with Crippen LogP contribution in [0.4, 0.5) is 18.3 Å². The van der Waals surface area contributed by atoms with Crippen LogP contribution in [0, 0.1) is 0 Å². The number of hydrogen-bond donors (Lipinski definition) is 1. The number of benzene rings is 1. The van der Waals surface area contributed by atoms with Crippen molar-refractivity contribution in [2.75, 3.05) is 5.32 Å². The van der Waals surface area contributed by atoms with Crippen LogP contribution < -0.4 is 5.32 Å². The Morgan fingerprint density at radius 2 is 2.05 bits per heavy atom. The largest absolute Gasteiger partial charge is 0.416 e. The molecule has 8 heteroatoms. The van der Waals surface area contributed by atoms with Crippen molar-refractivity contribution in [2.24, 2.45) is 0 Å². The summed E-state index contributed by atoms with van der Waals surface area (Å²) in [4.78, 5) is 26.8. The van der Waals surface area contributed by atoms with Gasteiger partial charge in [0.25, 0.3) is 0 Å². The third-order valence-corrected chi connectivity index (χ3v) is 3.49. The summed E-state index contributed by atoms with van der Waals surface area (Å²) in [5.41, 5.74) is -0.319. The average Bonchev–Trinajstić information content (AvgIpc) is 2.86. The van der Waals surface area contributed by atoms with Crippen LogP contribution in [0.25, 0.3) is 0 Å². The van der Waals surface area contributed by atoms with Crippen LogP contribution in [0.3, 0.4) is 0 Å². The molecule has 1 aromatic heterocycles. The number of rotatable bonds is 4. The molecule has 0 saturated heterocycles. The number of nitrogens with one attached hydrogen (secondary N) is 1. The summed E-state index contributed by atoms with van der Waals surface area (Å²) in [6.07, 6.45) is -4.66. The van der Waals surface area contributed by atoms with Crippen LogP contribution in [0.2, 0.25) is 0 Å². The molecular weight excluding hydrogens is 317 g/mol. The molecule has 0 bridgehead atoms. The lowest BCUT2D eigenvalue weighted by atomic mass is 10.1. The summed E-state index contributed by atoms with van der Waals surface area (Å²) >= 11 is 1.08. The first-order chi connectivity index (χ1) is 10.3. The summed E-state index contributed by atoms with van der Waals surface area (Å²) < 4.78 is 37.8. The van der Waals surface area contributed by atoms with Gasteiger partial charge in [0.05, 0.1) is 12.0 Å². The van der Waals surface area contributed by atoms with E-state index in [1.165, 1.54) is 24.4 Å². The van der Waals surface area contributed by atoms with Gasteiger partial charge in [-0.25, -0.2) is 4.98 Å². The first kappa shape index (κ1) is 16.2. The van der Waals surface area contributed by atoms with Crippen molar-refractivity contribution in [2.45, 2.75) is 19.5 Å². The van der Waals surface area contributed by atoms with Crippen LogP contribution >= 0.6 is 11.3 Å². The van der Waals surface area contributed by atoms with E-state index < -0.39 is 17.6 Å². The Morgan fingerprint density at radius 1 is 1.32 bits per heavy atom. The number of ketones is 1. The van der Waals surface area contributed by atoms with E-state index >= 15 is 0 Å². The molecule has 0 aliphatic rings. The fraction of sp³-hybridized carbons (Fsp3) is 0.214. The monoisotopic (exact) mass is 328 g/mol. The highest BCUT2D eigenvalue weighted by Gasteiger charge is 2.30. The minimum Gasteiger partial charge on any atom is -0.302 e. The number of thiazole rings is 1. The zero-order chi connectivity index (χ0) is 16.3. The molecule has 0 spiro atoms. The molecule has 0 aliphatic carbocycles. The normalized spacial score (nSPS) is 11.3. The number of Topliss-reactive ketones (excluding diaryl/α,β-unsaturated/α-hetero) is 1. The number of nitrogens with zero attached hydrogens (tertiary/aromatic N) is 1. The molecular formula is C14H11F3N2O2S. The zero-order valence-electron chi connectivity index (χ0n) is 11.4. The Labute approximate surface area is 128 Å². The van der Waals surface area contributed by atoms with Crippen LogP contribution in [0.5, 0.6) is 0 Å². The maximum atomic E-state index is 12.6. The van der Waals surface area contributed by atoms with Gasteiger partial charge in [0, 0.05) is 12.3 Å². The van der Waals surface area contributed by atoms with Gasteiger partial charge in [-0.1, -0.05) is 18.2 Å². The number of aromatic nitrogens is 1. The molecule has 1 N–H and O–H groups in total. The number of amides is 1.